The zero-order valence-electron chi connectivity index (χ0n) is 10.8. The summed E-state index contributed by atoms with van der Waals surface area (Å²) in [6.07, 6.45) is 2.02. The first-order valence-corrected chi connectivity index (χ1v) is 8.33. The molecule has 0 aliphatic heterocycles. The third-order valence-electron chi connectivity index (χ3n) is 2.58. The van der Waals surface area contributed by atoms with E-state index in [-0.39, 0.29) is 4.90 Å². The molecule has 1 rings (SSSR count). The van der Waals surface area contributed by atoms with Crippen molar-refractivity contribution in [3.63, 3.8) is 0 Å². The van der Waals surface area contributed by atoms with Gasteiger partial charge in [0.25, 0.3) is 0 Å². The van der Waals surface area contributed by atoms with Crippen molar-refractivity contribution in [3.05, 3.63) is 18.2 Å². The van der Waals surface area contributed by atoms with E-state index in [0.29, 0.717) is 11.4 Å². The van der Waals surface area contributed by atoms with Gasteiger partial charge in [-0.1, -0.05) is 0 Å². The molecule has 3 N–H and O–H groups in total. The number of anilines is 2. The topological polar surface area (TPSA) is 75.4 Å². The number of hydrogen-bond acceptors (Lipinski definition) is 5. The standard InChI is InChI=1S/C11H19N3O2S2/c1-13-18(15,16)11-8-9(12)4-5-10(11)14(2)6-7-17-3/h4-5,8,13H,6-7,12H2,1-3H3. The van der Waals surface area contributed by atoms with Crippen molar-refractivity contribution in [2.45, 2.75) is 4.90 Å². The lowest BCUT2D eigenvalue weighted by Gasteiger charge is -2.22. The van der Waals surface area contributed by atoms with Gasteiger partial charge in [0.2, 0.25) is 10.0 Å². The number of rotatable bonds is 6. The van der Waals surface area contributed by atoms with Crippen molar-refractivity contribution in [3.8, 4) is 0 Å². The molecule has 102 valence electrons. The summed E-state index contributed by atoms with van der Waals surface area (Å²) in [5.74, 6) is 0.930. The molecule has 7 heteroatoms. The summed E-state index contributed by atoms with van der Waals surface area (Å²) in [6.45, 7) is 0.775. The number of nitrogens with one attached hydrogen (secondary N) is 1. The highest BCUT2D eigenvalue weighted by molar-refractivity contribution is 7.98. The van der Waals surface area contributed by atoms with Crippen molar-refractivity contribution in [1.29, 1.82) is 0 Å². The van der Waals surface area contributed by atoms with Crippen LogP contribution in [0.5, 0.6) is 0 Å². The number of thioether (sulfide) groups is 1. The zero-order valence-corrected chi connectivity index (χ0v) is 12.4. The van der Waals surface area contributed by atoms with Crippen LogP contribution in [0.2, 0.25) is 0 Å². The van der Waals surface area contributed by atoms with Gasteiger partial charge in [0, 0.05) is 25.0 Å². The average molecular weight is 289 g/mol. The highest BCUT2D eigenvalue weighted by atomic mass is 32.2. The van der Waals surface area contributed by atoms with Gasteiger partial charge in [0.1, 0.15) is 4.90 Å². The second kappa shape index (κ2) is 6.31. The summed E-state index contributed by atoms with van der Waals surface area (Å²) in [5, 5.41) is 0. The van der Waals surface area contributed by atoms with E-state index in [1.54, 1.807) is 23.9 Å². The Labute approximate surface area is 113 Å². The fraction of sp³-hybridized carbons (Fsp3) is 0.455. The van der Waals surface area contributed by atoms with Crippen LogP contribution in [-0.2, 0) is 10.0 Å². The van der Waals surface area contributed by atoms with Gasteiger partial charge in [-0.2, -0.15) is 11.8 Å². The second-order valence-electron chi connectivity index (χ2n) is 3.85. The van der Waals surface area contributed by atoms with E-state index in [9.17, 15) is 8.42 Å². The van der Waals surface area contributed by atoms with Crippen molar-refractivity contribution < 1.29 is 8.42 Å². The fourth-order valence-electron chi connectivity index (χ4n) is 1.52. The van der Waals surface area contributed by atoms with E-state index in [2.05, 4.69) is 4.72 Å². The largest absolute Gasteiger partial charge is 0.399 e. The molecule has 0 radical (unpaired) electrons. The highest BCUT2D eigenvalue weighted by Crippen LogP contribution is 2.26. The molecule has 1 aromatic carbocycles. The van der Waals surface area contributed by atoms with E-state index in [0.717, 1.165) is 12.3 Å². The molecule has 1 aromatic rings. The number of benzene rings is 1. The van der Waals surface area contributed by atoms with Crippen LogP contribution in [0.25, 0.3) is 0 Å². The molecular weight excluding hydrogens is 270 g/mol. The van der Waals surface area contributed by atoms with Crippen LogP contribution in [0.15, 0.2) is 23.1 Å². The van der Waals surface area contributed by atoms with E-state index in [1.807, 2.05) is 18.2 Å². The molecule has 0 fully saturated rings. The number of nitrogens with zero attached hydrogens (tertiary/aromatic N) is 1. The molecular formula is C11H19N3O2S2. The fourth-order valence-corrected chi connectivity index (χ4v) is 2.99. The van der Waals surface area contributed by atoms with Crippen LogP contribution in [0.1, 0.15) is 0 Å². The predicted molar refractivity (Wildman–Crippen MR) is 78.8 cm³/mol. The van der Waals surface area contributed by atoms with Gasteiger partial charge >= 0.3 is 0 Å². The third kappa shape index (κ3) is 3.54. The Bertz CT molecular complexity index is 503. The first-order chi connectivity index (χ1) is 8.42. The Morgan fingerprint density at radius 1 is 1.44 bits per heavy atom. The lowest BCUT2D eigenvalue weighted by molar-refractivity contribution is 0.588. The summed E-state index contributed by atoms with van der Waals surface area (Å²) in [4.78, 5) is 2.13. The minimum Gasteiger partial charge on any atom is -0.399 e. The number of sulfonamides is 1. The second-order valence-corrected chi connectivity index (χ2v) is 6.69. The normalized spacial score (nSPS) is 11.5. The van der Waals surface area contributed by atoms with E-state index < -0.39 is 10.0 Å². The van der Waals surface area contributed by atoms with Crippen molar-refractivity contribution in [2.75, 3.05) is 43.3 Å². The minimum absolute atomic E-state index is 0.216. The first-order valence-electron chi connectivity index (χ1n) is 5.45. The molecule has 18 heavy (non-hydrogen) atoms. The van der Waals surface area contributed by atoms with Crippen LogP contribution in [0, 0.1) is 0 Å². The molecule has 0 spiro atoms. The maximum absolute atomic E-state index is 12.0. The smallest absolute Gasteiger partial charge is 0.242 e. The molecule has 0 aromatic heterocycles. The molecule has 0 saturated heterocycles. The van der Waals surface area contributed by atoms with Gasteiger partial charge in [-0.05, 0) is 31.5 Å². The van der Waals surface area contributed by atoms with Gasteiger partial charge in [-0.15, -0.1) is 0 Å². The number of hydrogen-bond donors (Lipinski definition) is 2. The highest BCUT2D eigenvalue weighted by Gasteiger charge is 2.19. The Hall–Kier alpha value is -0.920. The van der Waals surface area contributed by atoms with Crippen molar-refractivity contribution in [1.82, 2.24) is 4.72 Å². The lowest BCUT2D eigenvalue weighted by Crippen LogP contribution is -2.26. The quantitative estimate of drug-likeness (QED) is 0.763. The van der Waals surface area contributed by atoms with E-state index in [1.165, 1.54) is 13.1 Å². The maximum atomic E-state index is 12.0. The van der Waals surface area contributed by atoms with Gasteiger partial charge in [-0.25, -0.2) is 13.1 Å². The summed E-state index contributed by atoms with van der Waals surface area (Å²) < 4.78 is 26.2. The minimum atomic E-state index is -3.50. The molecule has 0 aliphatic carbocycles. The zero-order chi connectivity index (χ0) is 13.8. The molecule has 0 saturated carbocycles. The third-order valence-corrected chi connectivity index (χ3v) is 4.62. The Kier molecular flexibility index (Phi) is 5.30. The van der Waals surface area contributed by atoms with Gasteiger partial charge in [0.05, 0.1) is 5.69 Å². The van der Waals surface area contributed by atoms with Crippen molar-refractivity contribution in [2.24, 2.45) is 0 Å². The number of nitrogens with two attached hydrogens (primary N) is 1. The Morgan fingerprint density at radius 2 is 2.11 bits per heavy atom. The lowest BCUT2D eigenvalue weighted by atomic mass is 10.2. The number of nitrogen functional groups attached to an aromatic ring is 1. The molecule has 0 atom stereocenters. The molecule has 0 unspecified atom stereocenters. The monoisotopic (exact) mass is 289 g/mol. The Balaban J connectivity index is 3.19. The SMILES string of the molecule is CNS(=O)(=O)c1cc(N)ccc1N(C)CCSC. The average Bonchev–Trinajstić information content (AvgIpc) is 2.35. The molecule has 0 bridgehead atoms. The van der Waals surface area contributed by atoms with Gasteiger partial charge < -0.3 is 10.6 Å². The van der Waals surface area contributed by atoms with Gasteiger partial charge in [0.15, 0.2) is 0 Å². The maximum Gasteiger partial charge on any atom is 0.242 e. The van der Waals surface area contributed by atoms with Crippen molar-refractivity contribution >= 4 is 33.2 Å². The van der Waals surface area contributed by atoms with Crippen LogP contribution in [-0.4, -0.2) is 41.1 Å². The molecule has 5 nitrogen and oxygen atoms in total. The first kappa shape index (κ1) is 15.1. The molecule has 0 aliphatic rings. The Morgan fingerprint density at radius 3 is 2.67 bits per heavy atom. The van der Waals surface area contributed by atoms with Gasteiger partial charge in [-0.3, -0.25) is 0 Å². The molecule has 0 amide bonds. The van der Waals surface area contributed by atoms with E-state index in [4.69, 9.17) is 5.73 Å². The van der Waals surface area contributed by atoms with Crippen LogP contribution >= 0.6 is 11.8 Å². The van der Waals surface area contributed by atoms with Crippen LogP contribution in [0.4, 0.5) is 11.4 Å². The predicted octanol–water partition coefficient (Wildman–Crippen LogP) is 0.976. The molecule has 0 heterocycles. The summed E-state index contributed by atoms with van der Waals surface area (Å²) in [5.41, 5.74) is 6.76. The van der Waals surface area contributed by atoms with E-state index >= 15 is 0 Å². The summed E-state index contributed by atoms with van der Waals surface area (Å²) in [6, 6.07) is 4.93. The van der Waals surface area contributed by atoms with Crippen LogP contribution in [0.3, 0.4) is 0 Å². The van der Waals surface area contributed by atoms with Crippen LogP contribution < -0.4 is 15.4 Å². The summed E-state index contributed by atoms with van der Waals surface area (Å²) in [7, 11) is -0.235. The summed E-state index contributed by atoms with van der Waals surface area (Å²) >= 11 is 1.72.